The van der Waals surface area contributed by atoms with E-state index in [2.05, 4.69) is 126 Å². The molecule has 9 aromatic rings. The van der Waals surface area contributed by atoms with Crippen LogP contribution in [0.15, 0.2) is 182 Å². The lowest BCUT2D eigenvalue weighted by molar-refractivity contribution is 1.07. The molecule has 9 rings (SSSR count). The van der Waals surface area contributed by atoms with Gasteiger partial charge in [0, 0.05) is 33.2 Å². The van der Waals surface area contributed by atoms with Gasteiger partial charge in [-0.25, -0.2) is 15.0 Å². The average molecular weight is 627 g/mol. The van der Waals surface area contributed by atoms with Gasteiger partial charge in [0.2, 0.25) is 0 Å². The molecule has 0 N–H and O–H groups in total. The zero-order chi connectivity index (χ0) is 32.6. The van der Waals surface area contributed by atoms with Gasteiger partial charge >= 0.3 is 0 Å². The lowest BCUT2D eigenvalue weighted by atomic mass is 9.99. The molecule has 4 heteroatoms. The first-order chi connectivity index (χ1) is 24.3. The van der Waals surface area contributed by atoms with Crippen LogP contribution in [-0.4, -0.2) is 19.5 Å². The Morgan fingerprint density at radius 3 is 0.980 bits per heavy atom. The van der Waals surface area contributed by atoms with Gasteiger partial charge in [0.25, 0.3) is 0 Å². The third kappa shape index (κ3) is 5.35. The number of aromatic nitrogens is 4. The topological polar surface area (TPSA) is 43.6 Å². The number of hydrogen-bond acceptors (Lipinski definition) is 3. The largest absolute Gasteiger partial charge is 0.309 e. The summed E-state index contributed by atoms with van der Waals surface area (Å²) in [7, 11) is 0. The molecule has 0 bridgehead atoms. The Kier molecular flexibility index (Phi) is 7.10. The van der Waals surface area contributed by atoms with Gasteiger partial charge in [-0.2, -0.15) is 0 Å². The minimum absolute atomic E-state index is 0.652. The van der Waals surface area contributed by atoms with Crippen molar-refractivity contribution >= 4 is 21.8 Å². The van der Waals surface area contributed by atoms with Crippen molar-refractivity contribution in [2.24, 2.45) is 0 Å². The van der Waals surface area contributed by atoms with Crippen LogP contribution in [0.3, 0.4) is 0 Å². The highest BCUT2D eigenvalue weighted by molar-refractivity contribution is 6.09. The number of para-hydroxylation sites is 2. The number of nitrogens with zero attached hydrogens (tertiary/aromatic N) is 4. The summed E-state index contributed by atoms with van der Waals surface area (Å²) in [6.45, 7) is 0. The zero-order valence-corrected chi connectivity index (χ0v) is 26.6. The average Bonchev–Trinajstić information content (AvgIpc) is 3.53. The van der Waals surface area contributed by atoms with Crippen molar-refractivity contribution in [3.8, 4) is 62.1 Å². The third-order valence-corrected chi connectivity index (χ3v) is 9.10. The molecule has 2 heterocycles. The van der Waals surface area contributed by atoms with Crippen LogP contribution in [0.1, 0.15) is 0 Å². The molecular formula is C45H30N4. The fourth-order valence-electron chi connectivity index (χ4n) is 6.61. The molecule has 0 radical (unpaired) electrons. The molecule has 7 aromatic carbocycles. The van der Waals surface area contributed by atoms with E-state index in [1.807, 2.05) is 60.7 Å². The maximum absolute atomic E-state index is 4.88. The van der Waals surface area contributed by atoms with Crippen molar-refractivity contribution < 1.29 is 0 Å². The van der Waals surface area contributed by atoms with Gasteiger partial charge in [0.1, 0.15) is 0 Å². The predicted molar refractivity (Wildman–Crippen MR) is 201 cm³/mol. The Hall–Kier alpha value is -6.65. The van der Waals surface area contributed by atoms with Crippen LogP contribution in [0.5, 0.6) is 0 Å². The van der Waals surface area contributed by atoms with Gasteiger partial charge in [0.15, 0.2) is 17.5 Å². The Morgan fingerprint density at radius 1 is 0.265 bits per heavy atom. The van der Waals surface area contributed by atoms with Crippen LogP contribution in [-0.2, 0) is 0 Å². The van der Waals surface area contributed by atoms with E-state index in [-0.39, 0.29) is 0 Å². The highest BCUT2D eigenvalue weighted by Gasteiger charge is 2.13. The first-order valence-corrected chi connectivity index (χ1v) is 16.5. The molecule has 49 heavy (non-hydrogen) atoms. The second-order valence-electron chi connectivity index (χ2n) is 12.1. The van der Waals surface area contributed by atoms with Crippen molar-refractivity contribution in [2.45, 2.75) is 0 Å². The summed E-state index contributed by atoms with van der Waals surface area (Å²) in [5.41, 5.74) is 11.1. The van der Waals surface area contributed by atoms with Crippen LogP contribution in [0.4, 0.5) is 0 Å². The Balaban J connectivity index is 0.991. The van der Waals surface area contributed by atoms with E-state index in [1.54, 1.807) is 0 Å². The quantitative estimate of drug-likeness (QED) is 0.184. The molecule has 0 spiro atoms. The highest BCUT2D eigenvalue weighted by atomic mass is 15.0. The van der Waals surface area contributed by atoms with Gasteiger partial charge in [-0.15, -0.1) is 0 Å². The third-order valence-electron chi connectivity index (χ3n) is 9.10. The van der Waals surface area contributed by atoms with E-state index in [4.69, 9.17) is 15.0 Å². The second kappa shape index (κ2) is 12.2. The molecule has 0 unspecified atom stereocenters. The van der Waals surface area contributed by atoms with Crippen LogP contribution >= 0.6 is 0 Å². The molecule has 0 aliphatic carbocycles. The number of fused-ring (bicyclic) bond motifs is 3. The molecule has 0 atom stereocenters. The van der Waals surface area contributed by atoms with Crippen LogP contribution < -0.4 is 0 Å². The Morgan fingerprint density at radius 2 is 0.571 bits per heavy atom. The fourth-order valence-corrected chi connectivity index (χ4v) is 6.61. The molecular weight excluding hydrogens is 597 g/mol. The number of hydrogen-bond donors (Lipinski definition) is 0. The first kappa shape index (κ1) is 28.6. The summed E-state index contributed by atoms with van der Waals surface area (Å²) < 4.78 is 2.35. The van der Waals surface area contributed by atoms with E-state index < -0.39 is 0 Å². The molecule has 2 aromatic heterocycles. The van der Waals surface area contributed by atoms with Crippen molar-refractivity contribution in [1.29, 1.82) is 0 Å². The number of rotatable bonds is 6. The molecule has 0 fully saturated rings. The monoisotopic (exact) mass is 626 g/mol. The highest BCUT2D eigenvalue weighted by Crippen LogP contribution is 2.33. The summed E-state index contributed by atoms with van der Waals surface area (Å²) in [6, 6.07) is 63.5. The molecule has 0 saturated carbocycles. The van der Waals surface area contributed by atoms with Gasteiger partial charge in [-0.3, -0.25) is 0 Å². The lowest BCUT2D eigenvalue weighted by Crippen LogP contribution is -2.00. The van der Waals surface area contributed by atoms with E-state index in [1.165, 1.54) is 32.9 Å². The number of benzene rings is 7. The van der Waals surface area contributed by atoms with Crippen LogP contribution in [0, 0.1) is 0 Å². The molecule has 0 aliphatic heterocycles. The Bertz CT molecular complexity index is 2440. The SMILES string of the molecule is c1ccc(-c2nc(-c3ccccc3)nc(-c3ccc(-c4ccc(-c5ccc(-n6c7ccccc7c7ccccc76)cc5)cc4)cc3)n2)cc1. The second-order valence-corrected chi connectivity index (χ2v) is 12.1. The van der Waals surface area contributed by atoms with Crippen molar-refractivity contribution in [3.63, 3.8) is 0 Å². The van der Waals surface area contributed by atoms with Gasteiger partial charge in [-0.1, -0.05) is 158 Å². The molecule has 0 aliphatic rings. The maximum atomic E-state index is 4.88. The predicted octanol–water partition coefficient (Wildman–Crippen LogP) is 11.3. The maximum Gasteiger partial charge on any atom is 0.164 e. The first-order valence-electron chi connectivity index (χ1n) is 16.5. The van der Waals surface area contributed by atoms with Gasteiger partial charge in [0.05, 0.1) is 11.0 Å². The summed E-state index contributed by atoms with van der Waals surface area (Å²) in [6.07, 6.45) is 0. The summed E-state index contributed by atoms with van der Waals surface area (Å²) >= 11 is 0. The van der Waals surface area contributed by atoms with E-state index >= 15 is 0 Å². The fraction of sp³-hybridized carbons (Fsp3) is 0. The summed E-state index contributed by atoms with van der Waals surface area (Å²) in [5.74, 6) is 1.97. The van der Waals surface area contributed by atoms with Crippen molar-refractivity contribution in [1.82, 2.24) is 19.5 Å². The Labute approximate surface area is 284 Å². The van der Waals surface area contributed by atoms with Gasteiger partial charge < -0.3 is 4.57 Å². The summed E-state index contributed by atoms with van der Waals surface area (Å²) in [4.78, 5) is 14.6. The lowest BCUT2D eigenvalue weighted by Gasteiger charge is -2.10. The normalized spacial score (nSPS) is 11.3. The minimum atomic E-state index is 0.652. The van der Waals surface area contributed by atoms with Crippen LogP contribution in [0.2, 0.25) is 0 Å². The van der Waals surface area contributed by atoms with E-state index in [0.717, 1.165) is 33.5 Å². The van der Waals surface area contributed by atoms with Gasteiger partial charge in [-0.05, 0) is 46.5 Å². The smallest absolute Gasteiger partial charge is 0.164 e. The van der Waals surface area contributed by atoms with Crippen LogP contribution in [0.25, 0.3) is 83.9 Å². The standard InChI is InChI=1S/C45H30N4/c1-3-11-35(12-4-1)43-46-44(36-13-5-2-6-14-36)48-45(47-43)37-25-23-33(24-26-37)31-19-21-32(22-20-31)34-27-29-38(30-28-34)49-41-17-9-7-15-39(41)40-16-8-10-18-42(40)49/h1-30H. The summed E-state index contributed by atoms with van der Waals surface area (Å²) in [5, 5.41) is 2.54. The molecule has 230 valence electrons. The molecule has 0 amide bonds. The molecule has 0 saturated heterocycles. The van der Waals surface area contributed by atoms with E-state index in [0.29, 0.717) is 17.5 Å². The van der Waals surface area contributed by atoms with Crippen molar-refractivity contribution in [2.75, 3.05) is 0 Å². The van der Waals surface area contributed by atoms with E-state index in [9.17, 15) is 0 Å². The van der Waals surface area contributed by atoms with Crippen molar-refractivity contribution in [3.05, 3.63) is 182 Å². The zero-order valence-electron chi connectivity index (χ0n) is 26.6. The molecule has 4 nitrogen and oxygen atoms in total. The minimum Gasteiger partial charge on any atom is -0.309 e.